The number of aliphatic hydroxyl groups excluding tert-OH is 3. The number of nitro groups is 1. The highest BCUT2D eigenvalue weighted by atomic mass is 16.6. The van der Waals surface area contributed by atoms with Gasteiger partial charge in [0.1, 0.15) is 5.54 Å². The third kappa shape index (κ3) is 3.33. The second-order valence-electron chi connectivity index (χ2n) is 3.81. The van der Waals surface area contributed by atoms with E-state index in [1.165, 1.54) is 24.4 Å². The lowest BCUT2D eigenvalue weighted by molar-refractivity contribution is -0.384. The molecule has 1 aromatic rings. The van der Waals surface area contributed by atoms with Gasteiger partial charge in [-0.1, -0.05) is 12.1 Å². The minimum atomic E-state index is -1.37. The van der Waals surface area contributed by atoms with E-state index < -0.39 is 30.3 Å². The monoisotopic (exact) mass is 254 g/mol. The van der Waals surface area contributed by atoms with Crippen LogP contribution in [0.4, 0.5) is 5.69 Å². The molecule has 3 N–H and O–H groups in total. The summed E-state index contributed by atoms with van der Waals surface area (Å²) in [5.41, 5.74) is -1.00. The number of hydrogen-bond donors (Lipinski definition) is 3. The maximum atomic E-state index is 10.6. The van der Waals surface area contributed by atoms with Crippen molar-refractivity contribution in [3.63, 3.8) is 0 Å². The van der Waals surface area contributed by atoms with Gasteiger partial charge in [0.2, 0.25) is 0 Å². The lowest BCUT2D eigenvalue weighted by atomic mass is 10.0. The predicted octanol–water partition coefficient (Wildman–Crippen LogP) is -0.271. The molecule has 0 fully saturated rings. The summed E-state index contributed by atoms with van der Waals surface area (Å²) in [5.74, 6) is 0. The average Bonchev–Trinajstić information content (AvgIpc) is 2.41. The van der Waals surface area contributed by atoms with Crippen molar-refractivity contribution in [1.82, 2.24) is 0 Å². The summed E-state index contributed by atoms with van der Waals surface area (Å²) in [6.07, 6.45) is 1.27. The van der Waals surface area contributed by atoms with Gasteiger partial charge in [-0.15, -0.1) is 0 Å². The van der Waals surface area contributed by atoms with Crippen molar-refractivity contribution < 1.29 is 20.2 Å². The SMILES string of the molecule is O=[N+]([O-])c1cccc(C=NC(CO)(CO)CO)c1. The van der Waals surface area contributed by atoms with Crippen molar-refractivity contribution in [2.24, 2.45) is 4.99 Å². The molecule has 0 bridgehead atoms. The summed E-state index contributed by atoms with van der Waals surface area (Å²) in [6, 6.07) is 5.74. The summed E-state index contributed by atoms with van der Waals surface area (Å²) in [6.45, 7) is -1.57. The summed E-state index contributed by atoms with van der Waals surface area (Å²) < 4.78 is 0. The molecule has 0 heterocycles. The molecule has 18 heavy (non-hydrogen) atoms. The maximum absolute atomic E-state index is 10.6. The fraction of sp³-hybridized carbons (Fsp3) is 0.364. The van der Waals surface area contributed by atoms with Gasteiger partial charge in [0.25, 0.3) is 5.69 Å². The van der Waals surface area contributed by atoms with Crippen LogP contribution in [0.2, 0.25) is 0 Å². The van der Waals surface area contributed by atoms with Crippen LogP contribution < -0.4 is 0 Å². The molecule has 0 atom stereocenters. The first-order valence-corrected chi connectivity index (χ1v) is 5.19. The average molecular weight is 254 g/mol. The van der Waals surface area contributed by atoms with Gasteiger partial charge in [-0.25, -0.2) is 0 Å². The lowest BCUT2D eigenvalue weighted by Crippen LogP contribution is -2.39. The molecule has 0 aromatic heterocycles. The first-order chi connectivity index (χ1) is 8.56. The maximum Gasteiger partial charge on any atom is 0.270 e. The number of benzene rings is 1. The van der Waals surface area contributed by atoms with Gasteiger partial charge in [-0.3, -0.25) is 15.1 Å². The second kappa shape index (κ2) is 6.20. The van der Waals surface area contributed by atoms with Crippen molar-refractivity contribution >= 4 is 11.9 Å². The van der Waals surface area contributed by atoms with Crippen LogP contribution in [0.15, 0.2) is 29.3 Å². The Morgan fingerprint density at radius 3 is 2.39 bits per heavy atom. The predicted molar refractivity (Wildman–Crippen MR) is 64.7 cm³/mol. The van der Waals surface area contributed by atoms with Crippen molar-refractivity contribution in [3.8, 4) is 0 Å². The van der Waals surface area contributed by atoms with E-state index in [9.17, 15) is 10.1 Å². The van der Waals surface area contributed by atoms with Crippen LogP contribution in [0.5, 0.6) is 0 Å². The van der Waals surface area contributed by atoms with Gasteiger partial charge < -0.3 is 15.3 Å². The zero-order valence-electron chi connectivity index (χ0n) is 9.56. The zero-order chi connectivity index (χ0) is 13.6. The Morgan fingerprint density at radius 1 is 1.28 bits per heavy atom. The van der Waals surface area contributed by atoms with Crippen LogP contribution >= 0.6 is 0 Å². The van der Waals surface area contributed by atoms with E-state index in [1.54, 1.807) is 6.07 Å². The Kier molecular flexibility index (Phi) is 4.90. The van der Waals surface area contributed by atoms with E-state index >= 15 is 0 Å². The second-order valence-corrected chi connectivity index (χ2v) is 3.81. The van der Waals surface area contributed by atoms with Gasteiger partial charge >= 0.3 is 0 Å². The topological polar surface area (TPSA) is 116 Å². The van der Waals surface area contributed by atoms with Gasteiger partial charge in [0.05, 0.1) is 24.7 Å². The number of aliphatic hydroxyl groups is 3. The number of aliphatic imine (C=N–C) groups is 1. The van der Waals surface area contributed by atoms with Crippen LogP contribution in [0, 0.1) is 10.1 Å². The third-order valence-corrected chi connectivity index (χ3v) is 2.45. The normalized spacial score (nSPS) is 11.9. The van der Waals surface area contributed by atoms with E-state index in [2.05, 4.69) is 4.99 Å². The summed E-state index contributed by atoms with van der Waals surface area (Å²) >= 11 is 0. The smallest absolute Gasteiger partial charge is 0.270 e. The molecule has 0 spiro atoms. The minimum absolute atomic E-state index is 0.0819. The summed E-state index contributed by atoms with van der Waals surface area (Å²) in [7, 11) is 0. The number of non-ortho nitro benzene ring substituents is 1. The summed E-state index contributed by atoms with van der Waals surface area (Å²) in [4.78, 5) is 13.9. The lowest BCUT2D eigenvalue weighted by Gasteiger charge is -2.21. The molecular formula is C11H14N2O5. The molecule has 7 heteroatoms. The quantitative estimate of drug-likeness (QED) is 0.367. The largest absolute Gasteiger partial charge is 0.394 e. The molecule has 0 aliphatic rings. The van der Waals surface area contributed by atoms with Crippen molar-refractivity contribution in [2.45, 2.75) is 5.54 Å². The van der Waals surface area contributed by atoms with E-state index in [4.69, 9.17) is 15.3 Å². The molecule has 98 valence electrons. The molecule has 0 saturated heterocycles. The number of nitrogens with zero attached hydrogens (tertiary/aromatic N) is 2. The third-order valence-electron chi connectivity index (χ3n) is 2.45. The van der Waals surface area contributed by atoms with Crippen LogP contribution in [0.3, 0.4) is 0 Å². The van der Waals surface area contributed by atoms with E-state index in [0.717, 1.165) is 0 Å². The number of rotatable bonds is 6. The fourth-order valence-electron chi connectivity index (χ4n) is 1.20. The van der Waals surface area contributed by atoms with Crippen molar-refractivity contribution in [2.75, 3.05) is 19.8 Å². The Bertz CT molecular complexity index is 435. The van der Waals surface area contributed by atoms with Crippen LogP contribution in [0.1, 0.15) is 5.56 Å². The van der Waals surface area contributed by atoms with Crippen LogP contribution in [0.25, 0.3) is 0 Å². The Morgan fingerprint density at radius 2 is 1.89 bits per heavy atom. The molecule has 1 aromatic carbocycles. The van der Waals surface area contributed by atoms with Gasteiger partial charge in [0, 0.05) is 18.3 Å². The molecule has 0 amide bonds. The summed E-state index contributed by atoms with van der Waals surface area (Å²) in [5, 5.41) is 37.7. The molecule has 0 aliphatic carbocycles. The molecule has 7 nitrogen and oxygen atoms in total. The molecular weight excluding hydrogens is 240 g/mol. The standard InChI is InChI=1S/C11H14N2O5/c14-6-11(7-15,8-16)12-5-9-2-1-3-10(4-9)13(17)18/h1-5,14-16H,6-8H2. The van der Waals surface area contributed by atoms with Crippen molar-refractivity contribution in [1.29, 1.82) is 0 Å². The highest BCUT2D eigenvalue weighted by Gasteiger charge is 2.26. The first-order valence-electron chi connectivity index (χ1n) is 5.19. The van der Waals surface area contributed by atoms with E-state index in [0.29, 0.717) is 5.56 Å². The molecule has 0 radical (unpaired) electrons. The van der Waals surface area contributed by atoms with Gasteiger partial charge in [-0.05, 0) is 5.56 Å². The van der Waals surface area contributed by atoms with Crippen LogP contribution in [-0.4, -0.2) is 51.8 Å². The van der Waals surface area contributed by atoms with E-state index in [-0.39, 0.29) is 5.69 Å². The Balaban J connectivity index is 2.96. The highest BCUT2D eigenvalue weighted by Crippen LogP contribution is 2.13. The van der Waals surface area contributed by atoms with E-state index in [1.807, 2.05) is 0 Å². The molecule has 0 unspecified atom stereocenters. The Labute approximate surface area is 103 Å². The van der Waals surface area contributed by atoms with Gasteiger partial charge in [-0.2, -0.15) is 0 Å². The molecule has 0 aliphatic heterocycles. The van der Waals surface area contributed by atoms with Gasteiger partial charge in [0.15, 0.2) is 0 Å². The molecule has 1 rings (SSSR count). The highest BCUT2D eigenvalue weighted by molar-refractivity contribution is 5.81. The van der Waals surface area contributed by atoms with Crippen molar-refractivity contribution in [3.05, 3.63) is 39.9 Å². The minimum Gasteiger partial charge on any atom is -0.394 e. The number of nitro benzene ring substituents is 1. The van der Waals surface area contributed by atoms with Crippen LogP contribution in [-0.2, 0) is 0 Å². The number of hydrogen-bond acceptors (Lipinski definition) is 6. The first kappa shape index (κ1) is 14.2. The molecule has 0 saturated carbocycles. The Hall–Kier alpha value is -1.83. The fourth-order valence-corrected chi connectivity index (χ4v) is 1.20. The zero-order valence-corrected chi connectivity index (χ0v) is 9.56.